The highest BCUT2D eigenvalue weighted by atomic mass is 35.5. The molecule has 2 amide bonds. The van der Waals surface area contributed by atoms with E-state index in [1.54, 1.807) is 42.6 Å². The van der Waals surface area contributed by atoms with Crippen LogP contribution in [0.2, 0.25) is 0 Å². The molecule has 0 aliphatic carbocycles. The Morgan fingerprint density at radius 3 is 2.86 bits per heavy atom. The Kier molecular flexibility index (Phi) is 6.36. The summed E-state index contributed by atoms with van der Waals surface area (Å²) in [4.78, 5) is 31.6. The van der Waals surface area contributed by atoms with Crippen LogP contribution in [0, 0.1) is 0 Å². The normalized spacial score (nSPS) is 16.2. The number of carbonyl (C=O) groups is 2. The van der Waals surface area contributed by atoms with Gasteiger partial charge in [0.1, 0.15) is 11.9 Å². The van der Waals surface area contributed by atoms with Crippen molar-refractivity contribution in [1.29, 1.82) is 0 Å². The van der Waals surface area contributed by atoms with E-state index in [2.05, 4.69) is 15.6 Å². The zero-order chi connectivity index (χ0) is 19.5. The number of anilines is 1. The van der Waals surface area contributed by atoms with Crippen LogP contribution in [0.3, 0.4) is 0 Å². The molecule has 0 radical (unpaired) electrons. The Labute approximate surface area is 174 Å². The molecule has 2 N–H and O–H groups in total. The number of imidazole rings is 1. The molecule has 1 fully saturated rings. The fourth-order valence-corrected chi connectivity index (χ4v) is 3.37. The number of rotatable bonds is 4. The van der Waals surface area contributed by atoms with Gasteiger partial charge in [0.2, 0.25) is 0 Å². The van der Waals surface area contributed by atoms with Crippen molar-refractivity contribution >= 4 is 29.9 Å². The SMILES string of the molecule is Cl.Cn1ccnc1C1CNCCN1C(=O)c1cccc(NC(=O)c2ccco2)c1. The van der Waals surface area contributed by atoms with Gasteiger partial charge in [-0.1, -0.05) is 6.07 Å². The minimum Gasteiger partial charge on any atom is -0.459 e. The van der Waals surface area contributed by atoms with Crippen LogP contribution < -0.4 is 10.6 Å². The van der Waals surface area contributed by atoms with Crippen LogP contribution in [0.1, 0.15) is 32.8 Å². The third kappa shape index (κ3) is 4.33. The molecule has 0 bridgehead atoms. The largest absolute Gasteiger partial charge is 0.459 e. The van der Waals surface area contributed by atoms with Gasteiger partial charge >= 0.3 is 0 Å². The summed E-state index contributed by atoms with van der Waals surface area (Å²) in [5.41, 5.74) is 1.05. The average Bonchev–Trinajstić information content (AvgIpc) is 3.39. The lowest BCUT2D eigenvalue weighted by molar-refractivity contribution is 0.0620. The van der Waals surface area contributed by atoms with Gasteiger partial charge < -0.3 is 24.5 Å². The molecule has 1 aliphatic rings. The molecule has 1 saturated heterocycles. The molecule has 4 rings (SSSR count). The Hall–Kier alpha value is -3.10. The quantitative estimate of drug-likeness (QED) is 0.683. The minimum absolute atomic E-state index is 0. The van der Waals surface area contributed by atoms with Crippen molar-refractivity contribution < 1.29 is 14.0 Å². The molecule has 1 unspecified atom stereocenters. The van der Waals surface area contributed by atoms with E-state index in [0.717, 1.165) is 12.4 Å². The zero-order valence-electron chi connectivity index (χ0n) is 15.9. The van der Waals surface area contributed by atoms with Crippen LogP contribution in [0.4, 0.5) is 5.69 Å². The Morgan fingerprint density at radius 1 is 1.28 bits per heavy atom. The molecule has 29 heavy (non-hydrogen) atoms. The second-order valence-electron chi connectivity index (χ2n) is 6.63. The van der Waals surface area contributed by atoms with E-state index in [-0.39, 0.29) is 36.0 Å². The fourth-order valence-electron chi connectivity index (χ4n) is 3.37. The van der Waals surface area contributed by atoms with Crippen molar-refractivity contribution in [2.24, 2.45) is 7.05 Å². The second kappa shape index (κ2) is 8.93. The summed E-state index contributed by atoms with van der Waals surface area (Å²) in [6, 6.07) is 10.0. The lowest BCUT2D eigenvalue weighted by Gasteiger charge is -2.35. The number of halogens is 1. The van der Waals surface area contributed by atoms with Crippen molar-refractivity contribution in [2.75, 3.05) is 25.0 Å². The molecule has 3 heterocycles. The van der Waals surface area contributed by atoms with Gasteiger partial charge in [-0.2, -0.15) is 0 Å². The molecule has 9 heteroatoms. The molecular formula is C20H22ClN5O3. The van der Waals surface area contributed by atoms with Gasteiger partial charge in [-0.3, -0.25) is 9.59 Å². The monoisotopic (exact) mass is 415 g/mol. The average molecular weight is 416 g/mol. The summed E-state index contributed by atoms with van der Waals surface area (Å²) in [5, 5.41) is 6.08. The highest BCUT2D eigenvalue weighted by molar-refractivity contribution is 6.03. The third-order valence-electron chi connectivity index (χ3n) is 4.77. The van der Waals surface area contributed by atoms with E-state index in [0.29, 0.717) is 24.3 Å². The van der Waals surface area contributed by atoms with E-state index in [1.807, 2.05) is 22.7 Å². The number of hydrogen-bond acceptors (Lipinski definition) is 5. The van der Waals surface area contributed by atoms with E-state index in [9.17, 15) is 9.59 Å². The van der Waals surface area contributed by atoms with E-state index >= 15 is 0 Å². The lowest BCUT2D eigenvalue weighted by Crippen LogP contribution is -2.49. The molecule has 1 aromatic carbocycles. The summed E-state index contributed by atoms with van der Waals surface area (Å²) in [7, 11) is 1.92. The van der Waals surface area contributed by atoms with Gasteiger partial charge in [-0.25, -0.2) is 4.98 Å². The second-order valence-corrected chi connectivity index (χ2v) is 6.63. The highest BCUT2D eigenvalue weighted by Gasteiger charge is 2.31. The summed E-state index contributed by atoms with van der Waals surface area (Å²) < 4.78 is 7.03. The molecule has 0 saturated carbocycles. The molecule has 2 aromatic heterocycles. The number of aryl methyl sites for hydroxylation is 1. The van der Waals surface area contributed by atoms with Crippen LogP contribution in [0.15, 0.2) is 59.5 Å². The third-order valence-corrected chi connectivity index (χ3v) is 4.77. The molecule has 8 nitrogen and oxygen atoms in total. The Morgan fingerprint density at radius 2 is 2.14 bits per heavy atom. The Balaban J connectivity index is 0.00000240. The predicted octanol–water partition coefficient (Wildman–Crippen LogP) is 2.47. The number of carbonyl (C=O) groups excluding carboxylic acids is 2. The number of piperazine rings is 1. The Bertz CT molecular complexity index is 986. The van der Waals surface area contributed by atoms with Crippen LogP contribution in [0.5, 0.6) is 0 Å². The van der Waals surface area contributed by atoms with Crippen molar-refractivity contribution in [3.8, 4) is 0 Å². The van der Waals surface area contributed by atoms with Gasteiger partial charge in [0.25, 0.3) is 11.8 Å². The van der Waals surface area contributed by atoms with Gasteiger partial charge in [0.15, 0.2) is 5.76 Å². The van der Waals surface area contributed by atoms with Crippen LogP contribution in [-0.4, -0.2) is 45.9 Å². The standard InChI is InChI=1S/C20H21N5O3.ClH/c1-24-9-8-22-18(24)16-13-21-7-10-25(16)20(27)14-4-2-5-15(12-14)23-19(26)17-6-3-11-28-17;/h2-6,8-9,11-12,16,21H,7,10,13H2,1H3,(H,23,26);1H. The van der Waals surface area contributed by atoms with Gasteiger partial charge in [-0.05, 0) is 30.3 Å². The molecular weight excluding hydrogens is 394 g/mol. The number of hydrogen-bond donors (Lipinski definition) is 2. The van der Waals surface area contributed by atoms with E-state index in [1.165, 1.54) is 6.26 Å². The first-order valence-corrected chi connectivity index (χ1v) is 9.07. The van der Waals surface area contributed by atoms with Crippen LogP contribution >= 0.6 is 12.4 Å². The van der Waals surface area contributed by atoms with Crippen LogP contribution in [0.25, 0.3) is 0 Å². The molecule has 1 aliphatic heterocycles. The van der Waals surface area contributed by atoms with Crippen molar-refractivity contribution in [1.82, 2.24) is 19.8 Å². The maximum Gasteiger partial charge on any atom is 0.291 e. The maximum absolute atomic E-state index is 13.2. The molecule has 0 spiro atoms. The number of amides is 2. The lowest BCUT2D eigenvalue weighted by atomic mass is 10.1. The fraction of sp³-hybridized carbons (Fsp3) is 0.250. The first-order chi connectivity index (χ1) is 13.6. The smallest absolute Gasteiger partial charge is 0.291 e. The van der Waals surface area contributed by atoms with E-state index in [4.69, 9.17) is 4.42 Å². The molecule has 3 aromatic rings. The van der Waals surface area contributed by atoms with Crippen molar-refractivity contribution in [3.05, 3.63) is 72.2 Å². The zero-order valence-corrected chi connectivity index (χ0v) is 16.7. The molecule has 1 atom stereocenters. The number of nitrogens with one attached hydrogen (secondary N) is 2. The highest BCUT2D eigenvalue weighted by Crippen LogP contribution is 2.24. The number of nitrogens with zero attached hydrogens (tertiary/aromatic N) is 3. The van der Waals surface area contributed by atoms with Crippen molar-refractivity contribution in [2.45, 2.75) is 6.04 Å². The summed E-state index contributed by atoms with van der Waals surface area (Å²) in [6.07, 6.45) is 5.05. The maximum atomic E-state index is 13.2. The minimum atomic E-state index is -0.359. The summed E-state index contributed by atoms with van der Waals surface area (Å²) >= 11 is 0. The molecule has 152 valence electrons. The topological polar surface area (TPSA) is 92.4 Å². The first kappa shape index (κ1) is 20.6. The first-order valence-electron chi connectivity index (χ1n) is 9.07. The number of furan rings is 1. The van der Waals surface area contributed by atoms with Gasteiger partial charge in [0.05, 0.1) is 6.26 Å². The summed E-state index contributed by atoms with van der Waals surface area (Å²) in [6.45, 7) is 1.95. The summed E-state index contributed by atoms with van der Waals surface area (Å²) in [5.74, 6) is 0.600. The van der Waals surface area contributed by atoms with Crippen LogP contribution in [-0.2, 0) is 7.05 Å². The van der Waals surface area contributed by atoms with Gasteiger partial charge in [0, 0.05) is 50.3 Å². The van der Waals surface area contributed by atoms with E-state index < -0.39 is 0 Å². The van der Waals surface area contributed by atoms with Gasteiger partial charge in [-0.15, -0.1) is 12.4 Å². The number of benzene rings is 1. The van der Waals surface area contributed by atoms with Crippen molar-refractivity contribution in [3.63, 3.8) is 0 Å². The predicted molar refractivity (Wildman–Crippen MR) is 110 cm³/mol. The number of aromatic nitrogens is 2.